The monoisotopic (exact) mass is 882 g/mol. The van der Waals surface area contributed by atoms with Crippen molar-refractivity contribution in [3.8, 4) is 0 Å². The summed E-state index contributed by atoms with van der Waals surface area (Å²) in [5.41, 5.74) is 0. The quantitative estimate of drug-likeness (QED) is 0.0233. The molecule has 10 nitrogen and oxygen atoms in total. The molecule has 0 spiro atoms. The van der Waals surface area contributed by atoms with Gasteiger partial charge in [0.1, 0.15) is 30.5 Å². The summed E-state index contributed by atoms with van der Waals surface area (Å²) in [5.74, 6) is -0.619. The van der Waals surface area contributed by atoms with Crippen molar-refractivity contribution in [3.63, 3.8) is 0 Å². The first kappa shape index (κ1) is 58.6. The number of hydrogen-bond acceptors (Lipinski definition) is 9. The van der Waals surface area contributed by atoms with Crippen LogP contribution in [0.5, 0.6) is 0 Å². The number of carbonyl (C=O) groups is 1. The molecule has 62 heavy (non-hydrogen) atoms. The lowest BCUT2D eigenvalue weighted by molar-refractivity contribution is -0.302. The molecular formula is C52H99NO9. The normalized spacial score (nSPS) is 20.9. The van der Waals surface area contributed by atoms with E-state index in [4.69, 9.17) is 9.47 Å². The summed E-state index contributed by atoms with van der Waals surface area (Å²) in [6.45, 7) is 3.63. The van der Waals surface area contributed by atoms with Gasteiger partial charge in [0, 0.05) is 0 Å². The standard InChI is InChI=1S/C52H99NO9/c1-3-5-7-9-11-13-15-17-19-21-22-23-24-25-27-29-31-33-35-37-39-41-46(56)51(60)53-44(43-61-52-50(59)49(58)48(57)47(42-54)62-52)45(55)40-38-36-34-32-30-28-26-20-18-16-14-12-10-8-6-4-2/h24-25,38,40,44-50,52,54-59H,3-23,26-37,39,41-43H2,1-2H3,(H,53,60)/b25-24-,40-38+. The zero-order chi connectivity index (χ0) is 45.3. The van der Waals surface area contributed by atoms with Crippen molar-refractivity contribution in [3.05, 3.63) is 24.3 Å². The van der Waals surface area contributed by atoms with Crippen LogP contribution in [0.1, 0.15) is 239 Å². The molecule has 0 aliphatic carbocycles. The first-order chi connectivity index (χ1) is 30.3. The van der Waals surface area contributed by atoms with E-state index >= 15 is 0 Å². The summed E-state index contributed by atoms with van der Waals surface area (Å²) in [7, 11) is 0. The van der Waals surface area contributed by atoms with Gasteiger partial charge in [0.25, 0.3) is 0 Å². The number of nitrogens with one attached hydrogen (secondary N) is 1. The predicted octanol–water partition coefficient (Wildman–Crippen LogP) is 10.8. The third-order valence-electron chi connectivity index (χ3n) is 12.6. The van der Waals surface area contributed by atoms with Gasteiger partial charge < -0.3 is 45.4 Å². The Labute approximate surface area is 380 Å². The number of rotatable bonds is 44. The van der Waals surface area contributed by atoms with Crippen LogP contribution in [0.2, 0.25) is 0 Å². The molecule has 7 N–H and O–H groups in total. The van der Waals surface area contributed by atoms with Crippen LogP contribution in [-0.2, 0) is 14.3 Å². The number of amides is 1. The van der Waals surface area contributed by atoms with Gasteiger partial charge in [0.15, 0.2) is 6.29 Å². The number of ether oxygens (including phenoxy) is 2. The zero-order valence-corrected chi connectivity index (χ0v) is 40.0. The summed E-state index contributed by atoms with van der Waals surface area (Å²) < 4.78 is 11.2. The lowest BCUT2D eigenvalue weighted by atomic mass is 9.99. The molecule has 10 heteroatoms. The summed E-state index contributed by atoms with van der Waals surface area (Å²) in [5, 5.41) is 64.9. The third-order valence-corrected chi connectivity index (χ3v) is 12.6. The minimum absolute atomic E-state index is 0.305. The number of unbranched alkanes of at least 4 members (excludes halogenated alkanes) is 31. The lowest BCUT2D eigenvalue weighted by Gasteiger charge is -2.40. The van der Waals surface area contributed by atoms with Gasteiger partial charge in [-0.25, -0.2) is 0 Å². The fraction of sp³-hybridized carbons (Fsp3) is 0.904. The van der Waals surface area contributed by atoms with Crippen LogP contribution in [0.4, 0.5) is 0 Å². The van der Waals surface area contributed by atoms with Gasteiger partial charge in [-0.05, 0) is 44.9 Å². The molecule has 1 aliphatic heterocycles. The minimum atomic E-state index is -1.61. The maximum Gasteiger partial charge on any atom is 0.249 e. The van der Waals surface area contributed by atoms with Gasteiger partial charge in [-0.15, -0.1) is 0 Å². The van der Waals surface area contributed by atoms with E-state index in [2.05, 4.69) is 31.3 Å². The Balaban J connectivity index is 2.34. The second-order valence-electron chi connectivity index (χ2n) is 18.5. The number of carbonyl (C=O) groups excluding carboxylic acids is 1. The molecule has 1 aliphatic rings. The molecule has 1 saturated heterocycles. The van der Waals surface area contributed by atoms with E-state index in [1.807, 2.05) is 6.08 Å². The minimum Gasteiger partial charge on any atom is -0.394 e. The molecule has 1 fully saturated rings. The van der Waals surface area contributed by atoms with E-state index in [0.29, 0.717) is 12.8 Å². The van der Waals surface area contributed by atoms with Crippen LogP contribution in [0.15, 0.2) is 24.3 Å². The van der Waals surface area contributed by atoms with Gasteiger partial charge >= 0.3 is 0 Å². The summed E-state index contributed by atoms with van der Waals surface area (Å²) in [4.78, 5) is 13.1. The maximum absolute atomic E-state index is 13.1. The third kappa shape index (κ3) is 31.5. The van der Waals surface area contributed by atoms with Crippen molar-refractivity contribution >= 4 is 5.91 Å². The van der Waals surface area contributed by atoms with Gasteiger partial charge in [-0.1, -0.05) is 218 Å². The van der Waals surface area contributed by atoms with Crippen molar-refractivity contribution in [2.24, 2.45) is 0 Å². The second kappa shape index (κ2) is 42.3. The van der Waals surface area contributed by atoms with Gasteiger partial charge in [-0.2, -0.15) is 0 Å². The number of aliphatic hydroxyl groups excluding tert-OH is 6. The van der Waals surface area contributed by atoms with Crippen LogP contribution in [0.25, 0.3) is 0 Å². The van der Waals surface area contributed by atoms with Crippen molar-refractivity contribution in [1.82, 2.24) is 5.32 Å². The smallest absolute Gasteiger partial charge is 0.249 e. The maximum atomic E-state index is 13.1. The number of aliphatic hydroxyl groups is 6. The Bertz CT molecular complexity index is 1040. The molecular weight excluding hydrogens is 783 g/mol. The Morgan fingerprint density at radius 2 is 0.935 bits per heavy atom. The molecule has 1 amide bonds. The zero-order valence-electron chi connectivity index (χ0n) is 40.0. The summed E-state index contributed by atoms with van der Waals surface area (Å²) in [6.07, 6.45) is 41.2. The molecule has 1 heterocycles. The fourth-order valence-corrected chi connectivity index (χ4v) is 8.33. The average molecular weight is 882 g/mol. The first-order valence-corrected chi connectivity index (χ1v) is 26.2. The highest BCUT2D eigenvalue weighted by Gasteiger charge is 2.44. The summed E-state index contributed by atoms with van der Waals surface area (Å²) in [6, 6.07) is -0.981. The van der Waals surface area contributed by atoms with Crippen LogP contribution in [0.3, 0.4) is 0 Å². The Morgan fingerprint density at radius 1 is 0.548 bits per heavy atom. The van der Waals surface area contributed by atoms with E-state index in [1.165, 1.54) is 167 Å². The Morgan fingerprint density at radius 3 is 1.35 bits per heavy atom. The lowest BCUT2D eigenvalue weighted by Crippen LogP contribution is -2.60. The van der Waals surface area contributed by atoms with Gasteiger partial charge in [0.2, 0.25) is 5.91 Å². The van der Waals surface area contributed by atoms with Crippen molar-refractivity contribution < 1.29 is 44.9 Å². The first-order valence-electron chi connectivity index (χ1n) is 26.2. The average Bonchev–Trinajstić information content (AvgIpc) is 3.27. The molecule has 8 atom stereocenters. The van der Waals surface area contributed by atoms with Crippen LogP contribution in [0, 0.1) is 0 Å². The predicted molar refractivity (Wildman–Crippen MR) is 255 cm³/mol. The van der Waals surface area contributed by atoms with Crippen LogP contribution < -0.4 is 5.32 Å². The van der Waals surface area contributed by atoms with Gasteiger partial charge in [-0.3, -0.25) is 4.79 Å². The Hall–Kier alpha value is -1.37. The fourth-order valence-electron chi connectivity index (χ4n) is 8.33. The molecule has 0 aromatic heterocycles. The van der Waals surface area contributed by atoms with E-state index in [1.54, 1.807) is 6.08 Å². The second-order valence-corrected chi connectivity index (χ2v) is 18.5. The topological polar surface area (TPSA) is 169 Å². The Kier molecular flexibility index (Phi) is 40.0. The molecule has 0 saturated carbocycles. The van der Waals surface area contributed by atoms with E-state index < -0.39 is 61.5 Å². The van der Waals surface area contributed by atoms with Crippen LogP contribution >= 0.6 is 0 Å². The highest BCUT2D eigenvalue weighted by Crippen LogP contribution is 2.23. The molecule has 8 unspecified atom stereocenters. The van der Waals surface area contributed by atoms with Crippen molar-refractivity contribution in [2.45, 2.75) is 288 Å². The largest absolute Gasteiger partial charge is 0.394 e. The molecule has 0 aromatic rings. The molecule has 0 bridgehead atoms. The van der Waals surface area contributed by atoms with Crippen LogP contribution in [-0.4, -0.2) is 98.7 Å². The number of allylic oxidation sites excluding steroid dienone is 3. The van der Waals surface area contributed by atoms with E-state index in [0.717, 1.165) is 44.9 Å². The van der Waals surface area contributed by atoms with E-state index in [9.17, 15) is 35.4 Å². The molecule has 0 radical (unpaired) electrons. The summed E-state index contributed by atoms with van der Waals surface area (Å²) >= 11 is 0. The number of hydrogen-bond donors (Lipinski definition) is 7. The van der Waals surface area contributed by atoms with Crippen molar-refractivity contribution in [1.29, 1.82) is 0 Å². The molecule has 1 rings (SSSR count). The molecule has 0 aromatic carbocycles. The van der Waals surface area contributed by atoms with Crippen molar-refractivity contribution in [2.75, 3.05) is 13.2 Å². The molecule has 366 valence electrons. The highest BCUT2D eigenvalue weighted by atomic mass is 16.7. The SMILES string of the molecule is CCCCCCCCCCCCC/C=C\CCCCCCCCC(O)C(=O)NC(COC1OC(CO)C(O)C(O)C1O)C(O)/C=C/CCCCCCCCCCCCCCCC. The van der Waals surface area contributed by atoms with Gasteiger partial charge in [0.05, 0.1) is 25.4 Å². The highest BCUT2D eigenvalue weighted by molar-refractivity contribution is 5.80. The van der Waals surface area contributed by atoms with E-state index in [-0.39, 0.29) is 6.61 Å².